The van der Waals surface area contributed by atoms with Crippen LogP contribution in [0.5, 0.6) is 17.2 Å². The molecule has 0 bridgehead atoms. The Bertz CT molecular complexity index is 1080. The monoisotopic (exact) mass is 452 g/mol. The molecule has 0 saturated carbocycles. The molecule has 1 aromatic heterocycles. The molecule has 9 nitrogen and oxygen atoms in total. The molecule has 4 rings (SSSR count). The Morgan fingerprint density at radius 3 is 2.61 bits per heavy atom. The second-order valence-corrected chi connectivity index (χ2v) is 7.87. The molecule has 0 spiro atoms. The van der Waals surface area contributed by atoms with Crippen molar-refractivity contribution in [3.05, 3.63) is 48.4 Å². The first-order chi connectivity index (χ1) is 16.1. The highest BCUT2D eigenvalue weighted by molar-refractivity contribution is 5.92. The summed E-state index contributed by atoms with van der Waals surface area (Å²) in [6, 6.07) is 12.8. The van der Waals surface area contributed by atoms with Crippen molar-refractivity contribution in [2.24, 2.45) is 5.92 Å². The van der Waals surface area contributed by atoms with Crippen molar-refractivity contribution in [2.75, 3.05) is 39.7 Å². The lowest BCUT2D eigenvalue weighted by molar-refractivity contribution is -0.121. The third-order valence-corrected chi connectivity index (χ3v) is 5.70. The van der Waals surface area contributed by atoms with E-state index in [-0.39, 0.29) is 11.8 Å². The van der Waals surface area contributed by atoms with Gasteiger partial charge in [-0.25, -0.2) is 0 Å². The molecule has 1 amide bonds. The van der Waals surface area contributed by atoms with Crippen molar-refractivity contribution in [1.82, 2.24) is 15.0 Å². The maximum atomic E-state index is 12.8. The predicted molar refractivity (Wildman–Crippen MR) is 122 cm³/mol. The molecule has 0 unspecified atom stereocenters. The van der Waals surface area contributed by atoms with Gasteiger partial charge in [-0.15, -0.1) is 0 Å². The van der Waals surface area contributed by atoms with E-state index in [9.17, 15) is 4.79 Å². The summed E-state index contributed by atoms with van der Waals surface area (Å²) in [6.45, 7) is 2.00. The van der Waals surface area contributed by atoms with Gasteiger partial charge in [0.05, 0.1) is 33.8 Å². The number of likely N-dealkylation sites (tertiary alicyclic amines) is 1. The molecule has 1 aliphatic heterocycles. The second-order valence-electron chi connectivity index (χ2n) is 7.87. The molecule has 1 saturated heterocycles. The Balaban J connectivity index is 1.36. The number of piperidine rings is 1. The van der Waals surface area contributed by atoms with Crippen LogP contribution in [-0.2, 0) is 11.3 Å². The lowest BCUT2D eigenvalue weighted by Crippen LogP contribution is -2.40. The number of nitrogens with one attached hydrogen (secondary N) is 1. The Labute approximate surface area is 192 Å². The van der Waals surface area contributed by atoms with Gasteiger partial charge in [-0.1, -0.05) is 5.16 Å². The van der Waals surface area contributed by atoms with Gasteiger partial charge in [-0.2, -0.15) is 4.98 Å². The van der Waals surface area contributed by atoms with Crippen LogP contribution < -0.4 is 19.5 Å². The van der Waals surface area contributed by atoms with E-state index in [0.29, 0.717) is 36.3 Å². The number of anilines is 1. The molecule has 2 aromatic carbocycles. The van der Waals surface area contributed by atoms with Crippen LogP contribution >= 0.6 is 0 Å². The molecular weight excluding hydrogens is 424 g/mol. The number of amides is 1. The lowest BCUT2D eigenvalue weighted by atomic mass is 9.97. The number of nitrogens with zero attached hydrogens (tertiary/aromatic N) is 3. The normalized spacial score (nSPS) is 16.3. The molecule has 174 valence electrons. The minimum absolute atomic E-state index is 0.0152. The average molecular weight is 453 g/mol. The van der Waals surface area contributed by atoms with Crippen molar-refractivity contribution in [1.29, 1.82) is 0 Å². The van der Waals surface area contributed by atoms with Crippen LogP contribution in [0.25, 0.3) is 11.4 Å². The van der Waals surface area contributed by atoms with Gasteiger partial charge in [0.15, 0.2) is 11.5 Å². The standard InChI is InChI=1S/C24H28N4O5/c1-30-19-9-7-18(8-10-19)25-24(29)17-5-4-12-28(14-17)15-22-26-23(27-33-22)16-6-11-20(31-2)21(13-16)32-3/h6-11,13,17H,4-5,12,14-15H2,1-3H3,(H,25,29)/t17-/m0/s1. The number of aromatic nitrogens is 2. The van der Waals surface area contributed by atoms with E-state index in [2.05, 4.69) is 20.4 Å². The first kappa shape index (κ1) is 22.6. The van der Waals surface area contributed by atoms with Gasteiger partial charge in [0.2, 0.25) is 17.6 Å². The van der Waals surface area contributed by atoms with E-state index in [4.69, 9.17) is 18.7 Å². The van der Waals surface area contributed by atoms with E-state index in [1.54, 1.807) is 27.4 Å². The van der Waals surface area contributed by atoms with Gasteiger partial charge >= 0.3 is 0 Å². The summed E-state index contributed by atoms with van der Waals surface area (Å²) in [7, 11) is 4.79. The van der Waals surface area contributed by atoms with Crippen molar-refractivity contribution < 1.29 is 23.5 Å². The van der Waals surface area contributed by atoms with E-state index in [1.807, 2.05) is 36.4 Å². The Morgan fingerprint density at radius 1 is 1.09 bits per heavy atom. The Kier molecular flexibility index (Phi) is 7.09. The SMILES string of the molecule is COc1ccc(NC(=O)[C@H]2CCCN(Cc3nc(-c4ccc(OC)c(OC)c4)no3)C2)cc1. The van der Waals surface area contributed by atoms with Crippen molar-refractivity contribution in [3.8, 4) is 28.6 Å². The number of rotatable bonds is 8. The first-order valence-electron chi connectivity index (χ1n) is 10.8. The molecule has 1 aliphatic rings. The zero-order chi connectivity index (χ0) is 23.2. The number of ether oxygens (including phenoxy) is 3. The zero-order valence-electron chi connectivity index (χ0n) is 19.0. The van der Waals surface area contributed by atoms with E-state index >= 15 is 0 Å². The predicted octanol–water partition coefficient (Wildman–Crippen LogP) is 3.61. The minimum atomic E-state index is -0.103. The molecule has 9 heteroatoms. The molecule has 2 heterocycles. The number of hydrogen-bond donors (Lipinski definition) is 1. The fraction of sp³-hybridized carbons (Fsp3) is 0.375. The first-order valence-corrected chi connectivity index (χ1v) is 10.8. The van der Waals surface area contributed by atoms with Gasteiger partial charge in [0.25, 0.3) is 0 Å². The van der Waals surface area contributed by atoms with Crippen LogP contribution in [0.4, 0.5) is 5.69 Å². The largest absolute Gasteiger partial charge is 0.497 e. The van der Waals surface area contributed by atoms with Crippen molar-refractivity contribution in [3.63, 3.8) is 0 Å². The fourth-order valence-corrected chi connectivity index (χ4v) is 3.93. The van der Waals surface area contributed by atoms with Crippen molar-refractivity contribution in [2.45, 2.75) is 19.4 Å². The molecule has 0 radical (unpaired) electrons. The van der Waals surface area contributed by atoms with E-state index in [1.165, 1.54) is 0 Å². The van der Waals surface area contributed by atoms with Crippen LogP contribution in [0.1, 0.15) is 18.7 Å². The van der Waals surface area contributed by atoms with Gasteiger partial charge in [0, 0.05) is 17.8 Å². The van der Waals surface area contributed by atoms with Gasteiger partial charge in [-0.05, 0) is 61.9 Å². The number of methoxy groups -OCH3 is 3. The summed E-state index contributed by atoms with van der Waals surface area (Å²) < 4.78 is 21.3. The second kappa shape index (κ2) is 10.4. The van der Waals surface area contributed by atoms with Crippen LogP contribution in [0.3, 0.4) is 0 Å². The summed E-state index contributed by atoms with van der Waals surface area (Å²) in [5.41, 5.74) is 1.53. The van der Waals surface area contributed by atoms with Gasteiger partial charge in [-0.3, -0.25) is 9.69 Å². The number of carbonyl (C=O) groups is 1. The Morgan fingerprint density at radius 2 is 1.88 bits per heavy atom. The van der Waals surface area contributed by atoms with Gasteiger partial charge < -0.3 is 24.1 Å². The van der Waals surface area contributed by atoms with Crippen LogP contribution in [0, 0.1) is 5.92 Å². The minimum Gasteiger partial charge on any atom is -0.497 e. The quantitative estimate of drug-likeness (QED) is 0.553. The lowest BCUT2D eigenvalue weighted by Gasteiger charge is -2.30. The number of carbonyl (C=O) groups excluding carboxylic acids is 1. The smallest absolute Gasteiger partial charge is 0.241 e. The van der Waals surface area contributed by atoms with Crippen LogP contribution in [-0.4, -0.2) is 55.4 Å². The summed E-state index contributed by atoms with van der Waals surface area (Å²) in [6.07, 6.45) is 1.77. The van der Waals surface area contributed by atoms with E-state index in [0.717, 1.165) is 36.4 Å². The maximum Gasteiger partial charge on any atom is 0.241 e. The third kappa shape index (κ3) is 5.43. The maximum absolute atomic E-state index is 12.8. The summed E-state index contributed by atoms with van der Waals surface area (Å²) in [5.74, 6) is 2.90. The highest BCUT2D eigenvalue weighted by Gasteiger charge is 2.27. The number of benzene rings is 2. The molecule has 1 N–H and O–H groups in total. The van der Waals surface area contributed by atoms with Crippen LogP contribution in [0.2, 0.25) is 0 Å². The number of hydrogen-bond acceptors (Lipinski definition) is 8. The third-order valence-electron chi connectivity index (χ3n) is 5.70. The molecule has 3 aromatic rings. The molecular formula is C24H28N4O5. The van der Waals surface area contributed by atoms with E-state index < -0.39 is 0 Å². The fourth-order valence-electron chi connectivity index (χ4n) is 3.93. The summed E-state index contributed by atoms with van der Waals surface area (Å²) in [4.78, 5) is 19.5. The van der Waals surface area contributed by atoms with Crippen molar-refractivity contribution >= 4 is 11.6 Å². The van der Waals surface area contributed by atoms with Crippen LogP contribution in [0.15, 0.2) is 47.0 Å². The molecule has 1 fully saturated rings. The average Bonchev–Trinajstić information content (AvgIpc) is 3.32. The highest BCUT2D eigenvalue weighted by atomic mass is 16.5. The zero-order valence-corrected chi connectivity index (χ0v) is 19.0. The molecule has 0 aliphatic carbocycles. The molecule has 33 heavy (non-hydrogen) atoms. The summed E-state index contributed by atoms with van der Waals surface area (Å²) in [5, 5.41) is 7.11. The highest BCUT2D eigenvalue weighted by Crippen LogP contribution is 2.31. The topological polar surface area (TPSA) is 99.0 Å². The Hall–Kier alpha value is -3.59. The van der Waals surface area contributed by atoms with Gasteiger partial charge in [0.1, 0.15) is 5.75 Å². The summed E-state index contributed by atoms with van der Waals surface area (Å²) >= 11 is 0. The molecule has 1 atom stereocenters.